The Balaban J connectivity index is 2.01. The molecule has 2 aliphatic rings. The van der Waals surface area contributed by atoms with Gasteiger partial charge in [0.15, 0.2) is 0 Å². The number of allylic oxidation sites excluding steroid dienone is 1. The Bertz CT molecular complexity index is 423. The lowest BCUT2D eigenvalue weighted by molar-refractivity contribution is 0.0211. The van der Waals surface area contributed by atoms with Crippen LogP contribution in [0.25, 0.3) is 0 Å². The van der Waals surface area contributed by atoms with Crippen molar-refractivity contribution in [2.24, 2.45) is 11.8 Å². The minimum atomic E-state index is -0.874. The van der Waals surface area contributed by atoms with Crippen molar-refractivity contribution < 1.29 is 9.50 Å². The second-order valence-electron chi connectivity index (χ2n) is 4.96. The first-order valence-corrected chi connectivity index (χ1v) is 5.86. The van der Waals surface area contributed by atoms with Crippen molar-refractivity contribution in [3.05, 3.63) is 47.8 Å². The lowest BCUT2D eigenvalue weighted by atomic mass is 9.76. The molecule has 2 bridgehead atoms. The molecular weight excluding hydrogens is 203 g/mol. The van der Waals surface area contributed by atoms with Crippen molar-refractivity contribution in [2.45, 2.75) is 24.9 Å². The summed E-state index contributed by atoms with van der Waals surface area (Å²) in [6.07, 6.45) is 7.32. The molecule has 0 unspecified atom stereocenters. The lowest BCUT2D eigenvalue weighted by Gasteiger charge is -2.34. The van der Waals surface area contributed by atoms with E-state index in [4.69, 9.17) is 0 Å². The van der Waals surface area contributed by atoms with Crippen molar-refractivity contribution >= 4 is 0 Å². The van der Waals surface area contributed by atoms with Crippen LogP contribution >= 0.6 is 0 Å². The molecule has 0 heterocycles. The highest BCUT2D eigenvalue weighted by molar-refractivity contribution is 5.31. The number of aliphatic hydroxyl groups is 1. The second kappa shape index (κ2) is 3.42. The van der Waals surface area contributed by atoms with E-state index >= 15 is 0 Å². The lowest BCUT2D eigenvalue weighted by Crippen LogP contribution is -2.33. The number of hydrogen-bond acceptors (Lipinski definition) is 1. The van der Waals surface area contributed by atoms with Gasteiger partial charge in [0.25, 0.3) is 0 Å². The Hall–Kier alpha value is -1.15. The van der Waals surface area contributed by atoms with Gasteiger partial charge in [-0.25, -0.2) is 4.39 Å². The summed E-state index contributed by atoms with van der Waals surface area (Å²) >= 11 is 0. The summed E-state index contributed by atoms with van der Waals surface area (Å²) in [7, 11) is 0. The van der Waals surface area contributed by atoms with Crippen molar-refractivity contribution in [1.29, 1.82) is 0 Å². The Morgan fingerprint density at radius 1 is 1.19 bits per heavy atom. The number of fused-ring (bicyclic) bond motifs is 2. The van der Waals surface area contributed by atoms with E-state index < -0.39 is 5.60 Å². The summed E-state index contributed by atoms with van der Waals surface area (Å²) in [6.45, 7) is 0. The minimum Gasteiger partial charge on any atom is -0.381 e. The molecular formula is C14H15FO. The van der Waals surface area contributed by atoms with Crippen LogP contribution in [0.3, 0.4) is 0 Å². The molecule has 3 rings (SSSR count). The summed E-state index contributed by atoms with van der Waals surface area (Å²) in [6, 6.07) is 6.22. The van der Waals surface area contributed by atoms with Crippen LogP contribution in [0, 0.1) is 17.7 Å². The van der Waals surface area contributed by atoms with Gasteiger partial charge in [-0.15, -0.1) is 0 Å². The van der Waals surface area contributed by atoms with Crippen molar-refractivity contribution in [1.82, 2.24) is 0 Å². The first-order chi connectivity index (χ1) is 7.68. The van der Waals surface area contributed by atoms with E-state index in [9.17, 15) is 9.50 Å². The molecule has 0 amide bonds. The van der Waals surface area contributed by atoms with Crippen LogP contribution in [0.15, 0.2) is 36.4 Å². The van der Waals surface area contributed by atoms with Gasteiger partial charge in [0, 0.05) is 0 Å². The molecule has 84 valence electrons. The number of hydrogen-bond donors (Lipinski definition) is 1. The van der Waals surface area contributed by atoms with E-state index in [0.29, 0.717) is 11.8 Å². The standard InChI is InChI=1S/C14H15FO/c15-13-5-3-11(4-6-13)14(16)8-7-10-1-2-12(14)9-10/h3-8,10,12,16H,1-2,9H2/t10-,12-,14+/m1/s1. The minimum absolute atomic E-state index is 0.253. The number of rotatable bonds is 1. The van der Waals surface area contributed by atoms with Gasteiger partial charge in [-0.05, 0) is 48.8 Å². The number of halogens is 1. The van der Waals surface area contributed by atoms with Crippen molar-refractivity contribution in [3.8, 4) is 0 Å². The molecule has 1 N–H and O–H groups in total. The van der Waals surface area contributed by atoms with E-state index in [2.05, 4.69) is 6.08 Å². The van der Waals surface area contributed by atoms with E-state index in [0.717, 1.165) is 18.4 Å². The zero-order valence-corrected chi connectivity index (χ0v) is 9.07. The third-order valence-corrected chi connectivity index (χ3v) is 4.02. The Labute approximate surface area is 94.6 Å². The van der Waals surface area contributed by atoms with Gasteiger partial charge in [0.05, 0.1) is 0 Å². The summed E-state index contributed by atoms with van der Waals surface area (Å²) in [5.74, 6) is 0.690. The van der Waals surface area contributed by atoms with E-state index in [1.54, 1.807) is 12.1 Å². The van der Waals surface area contributed by atoms with Crippen molar-refractivity contribution in [2.75, 3.05) is 0 Å². The molecule has 1 aromatic rings. The quantitative estimate of drug-likeness (QED) is 0.718. The smallest absolute Gasteiger partial charge is 0.123 e. The van der Waals surface area contributed by atoms with Crippen LogP contribution in [0.1, 0.15) is 24.8 Å². The second-order valence-corrected chi connectivity index (χ2v) is 4.96. The Morgan fingerprint density at radius 3 is 2.69 bits per heavy atom. The van der Waals surface area contributed by atoms with Gasteiger partial charge >= 0.3 is 0 Å². The van der Waals surface area contributed by atoms with Gasteiger partial charge in [-0.2, -0.15) is 0 Å². The maximum Gasteiger partial charge on any atom is 0.123 e. The Kier molecular flexibility index (Phi) is 2.15. The van der Waals surface area contributed by atoms with Crippen LogP contribution in [0.4, 0.5) is 4.39 Å². The molecule has 1 fully saturated rings. The van der Waals surface area contributed by atoms with Crippen LogP contribution in [0.5, 0.6) is 0 Å². The first kappa shape index (κ1) is 10.0. The average Bonchev–Trinajstić information content (AvgIpc) is 2.70. The SMILES string of the molecule is O[C@]1(c2ccc(F)cc2)C=C[C@H]2CC[C@@H]1C2. The highest BCUT2D eigenvalue weighted by atomic mass is 19.1. The van der Waals surface area contributed by atoms with Gasteiger partial charge < -0.3 is 5.11 Å². The van der Waals surface area contributed by atoms with Gasteiger partial charge in [0.1, 0.15) is 11.4 Å². The van der Waals surface area contributed by atoms with Crippen molar-refractivity contribution in [3.63, 3.8) is 0 Å². The molecule has 2 aliphatic carbocycles. The summed E-state index contributed by atoms with van der Waals surface area (Å²) in [5, 5.41) is 10.7. The first-order valence-electron chi connectivity index (χ1n) is 5.86. The topological polar surface area (TPSA) is 20.2 Å². The fourth-order valence-corrected chi connectivity index (χ4v) is 3.06. The fourth-order valence-electron chi connectivity index (χ4n) is 3.06. The molecule has 2 heteroatoms. The van der Waals surface area contributed by atoms with Gasteiger partial charge in [-0.3, -0.25) is 0 Å². The zero-order valence-electron chi connectivity index (χ0n) is 9.07. The van der Waals surface area contributed by atoms with E-state index in [1.165, 1.54) is 18.6 Å². The summed E-state index contributed by atoms with van der Waals surface area (Å²) in [5.41, 5.74) is -0.0590. The van der Waals surface area contributed by atoms with Crippen LogP contribution in [-0.4, -0.2) is 5.11 Å². The summed E-state index contributed by atoms with van der Waals surface area (Å²) in [4.78, 5) is 0. The predicted octanol–water partition coefficient (Wildman–Crippen LogP) is 3.00. The van der Waals surface area contributed by atoms with Gasteiger partial charge in [-0.1, -0.05) is 24.3 Å². The third-order valence-electron chi connectivity index (χ3n) is 4.02. The molecule has 1 nitrogen and oxygen atoms in total. The molecule has 1 aromatic carbocycles. The summed E-state index contributed by atoms with van der Waals surface area (Å²) < 4.78 is 12.9. The van der Waals surface area contributed by atoms with E-state index in [-0.39, 0.29) is 5.82 Å². The molecule has 0 aliphatic heterocycles. The van der Waals surface area contributed by atoms with Crippen LogP contribution in [-0.2, 0) is 5.60 Å². The molecule has 0 aromatic heterocycles. The monoisotopic (exact) mass is 218 g/mol. The predicted molar refractivity (Wildman–Crippen MR) is 60.3 cm³/mol. The average molecular weight is 218 g/mol. The Morgan fingerprint density at radius 2 is 1.94 bits per heavy atom. The molecule has 3 atom stereocenters. The van der Waals surface area contributed by atoms with E-state index in [1.807, 2.05) is 6.08 Å². The number of benzene rings is 1. The van der Waals surface area contributed by atoms with Crippen LogP contribution < -0.4 is 0 Å². The highest BCUT2D eigenvalue weighted by Gasteiger charge is 2.43. The van der Waals surface area contributed by atoms with Crippen LogP contribution in [0.2, 0.25) is 0 Å². The zero-order chi connectivity index (χ0) is 11.2. The largest absolute Gasteiger partial charge is 0.381 e. The normalized spacial score (nSPS) is 36.6. The maximum atomic E-state index is 12.9. The molecule has 0 spiro atoms. The molecule has 0 saturated heterocycles. The maximum absolute atomic E-state index is 12.9. The van der Waals surface area contributed by atoms with Gasteiger partial charge in [0.2, 0.25) is 0 Å². The molecule has 1 saturated carbocycles. The third kappa shape index (κ3) is 1.40. The molecule has 0 radical (unpaired) electrons. The fraction of sp³-hybridized carbons (Fsp3) is 0.429. The highest BCUT2D eigenvalue weighted by Crippen LogP contribution is 2.48. The molecule has 16 heavy (non-hydrogen) atoms.